The van der Waals surface area contributed by atoms with Crippen LogP contribution in [0.4, 0.5) is 0 Å². The van der Waals surface area contributed by atoms with Gasteiger partial charge in [0.2, 0.25) is 5.91 Å². The Labute approximate surface area is 95.8 Å². The summed E-state index contributed by atoms with van der Waals surface area (Å²) in [4.78, 5) is 22.5. The van der Waals surface area contributed by atoms with Crippen molar-refractivity contribution in [2.75, 3.05) is 6.54 Å². The molecular weight excluding hydrogens is 232 g/mol. The van der Waals surface area contributed by atoms with E-state index in [9.17, 15) is 9.59 Å². The standard InChI is InChI=1S/C8H12N4O3S/c1-2-4-6(16-12-11-4)8(15)10-3-5(13)7(9)14/h5,13H,2-3H2,1H3,(H2,9,14)(H,10,15). The number of nitrogens with zero attached hydrogens (tertiary/aromatic N) is 2. The molecule has 16 heavy (non-hydrogen) atoms. The van der Waals surface area contributed by atoms with Crippen LogP contribution in [0.15, 0.2) is 0 Å². The Bertz CT molecular complexity index is 392. The Morgan fingerprint density at radius 1 is 1.62 bits per heavy atom. The van der Waals surface area contributed by atoms with Gasteiger partial charge in [-0.1, -0.05) is 11.4 Å². The minimum atomic E-state index is -1.38. The number of amides is 2. The molecule has 1 heterocycles. The normalized spacial score (nSPS) is 12.1. The highest BCUT2D eigenvalue weighted by molar-refractivity contribution is 7.08. The van der Waals surface area contributed by atoms with Crippen LogP contribution in [-0.4, -0.2) is 39.2 Å². The molecular formula is C8H12N4O3S. The summed E-state index contributed by atoms with van der Waals surface area (Å²) in [5, 5.41) is 15.2. The van der Waals surface area contributed by atoms with Crippen LogP contribution in [0, 0.1) is 0 Å². The van der Waals surface area contributed by atoms with Crippen LogP contribution in [0.5, 0.6) is 0 Å². The van der Waals surface area contributed by atoms with Crippen molar-refractivity contribution in [3.8, 4) is 0 Å². The summed E-state index contributed by atoms with van der Waals surface area (Å²) in [5.74, 6) is -1.29. The number of aromatic nitrogens is 2. The van der Waals surface area contributed by atoms with Crippen molar-refractivity contribution in [3.63, 3.8) is 0 Å². The molecule has 4 N–H and O–H groups in total. The largest absolute Gasteiger partial charge is 0.381 e. The monoisotopic (exact) mass is 244 g/mol. The van der Waals surface area contributed by atoms with E-state index in [2.05, 4.69) is 14.9 Å². The lowest BCUT2D eigenvalue weighted by molar-refractivity contribution is -0.125. The first-order chi connectivity index (χ1) is 7.56. The number of primary amides is 1. The van der Waals surface area contributed by atoms with Gasteiger partial charge in [-0.25, -0.2) is 0 Å². The number of hydrogen-bond acceptors (Lipinski definition) is 6. The highest BCUT2D eigenvalue weighted by Crippen LogP contribution is 2.10. The maximum Gasteiger partial charge on any atom is 0.265 e. The van der Waals surface area contributed by atoms with Crippen molar-refractivity contribution in [1.29, 1.82) is 0 Å². The van der Waals surface area contributed by atoms with E-state index in [-0.39, 0.29) is 6.54 Å². The molecule has 1 unspecified atom stereocenters. The SMILES string of the molecule is CCc1nnsc1C(=O)NCC(O)C(N)=O. The molecule has 1 atom stereocenters. The third-order valence-electron chi connectivity index (χ3n) is 1.88. The molecule has 8 heteroatoms. The molecule has 0 saturated heterocycles. The van der Waals surface area contributed by atoms with Crippen LogP contribution in [0.25, 0.3) is 0 Å². The highest BCUT2D eigenvalue weighted by atomic mass is 32.1. The zero-order chi connectivity index (χ0) is 12.1. The molecule has 0 bridgehead atoms. The fourth-order valence-corrected chi connectivity index (χ4v) is 1.65. The molecule has 0 saturated carbocycles. The highest BCUT2D eigenvalue weighted by Gasteiger charge is 2.17. The zero-order valence-electron chi connectivity index (χ0n) is 8.64. The molecule has 1 rings (SSSR count). The molecule has 1 aromatic rings. The Kier molecular flexibility index (Phi) is 4.32. The Hall–Kier alpha value is -1.54. The second kappa shape index (κ2) is 5.52. The van der Waals surface area contributed by atoms with Crippen LogP contribution in [-0.2, 0) is 11.2 Å². The van der Waals surface area contributed by atoms with Gasteiger partial charge >= 0.3 is 0 Å². The summed E-state index contributed by atoms with van der Waals surface area (Å²) in [5.41, 5.74) is 5.43. The van der Waals surface area contributed by atoms with Crippen molar-refractivity contribution in [2.45, 2.75) is 19.4 Å². The van der Waals surface area contributed by atoms with E-state index in [1.165, 1.54) is 0 Å². The lowest BCUT2D eigenvalue weighted by Gasteiger charge is -2.07. The average Bonchev–Trinajstić information content (AvgIpc) is 2.73. The van der Waals surface area contributed by atoms with Crippen molar-refractivity contribution < 1.29 is 14.7 Å². The van der Waals surface area contributed by atoms with Gasteiger partial charge in [-0.05, 0) is 18.0 Å². The van der Waals surface area contributed by atoms with Crippen molar-refractivity contribution in [3.05, 3.63) is 10.6 Å². The second-order valence-corrected chi connectivity index (χ2v) is 3.78. The first-order valence-electron chi connectivity index (χ1n) is 4.63. The van der Waals surface area contributed by atoms with Crippen molar-refractivity contribution in [2.24, 2.45) is 5.73 Å². The number of nitrogens with two attached hydrogens (primary N) is 1. The summed E-state index contributed by atoms with van der Waals surface area (Å²) < 4.78 is 3.65. The van der Waals surface area contributed by atoms with E-state index < -0.39 is 17.9 Å². The summed E-state index contributed by atoms with van der Waals surface area (Å²) in [6, 6.07) is 0. The van der Waals surface area contributed by atoms with E-state index in [0.29, 0.717) is 17.0 Å². The predicted molar refractivity (Wildman–Crippen MR) is 56.8 cm³/mol. The number of rotatable bonds is 5. The topological polar surface area (TPSA) is 118 Å². The summed E-state index contributed by atoms with van der Waals surface area (Å²) in [6.45, 7) is 1.64. The lowest BCUT2D eigenvalue weighted by atomic mass is 10.3. The van der Waals surface area contributed by atoms with E-state index in [0.717, 1.165) is 11.5 Å². The Balaban J connectivity index is 2.56. The average molecular weight is 244 g/mol. The first-order valence-corrected chi connectivity index (χ1v) is 5.40. The minimum Gasteiger partial charge on any atom is -0.381 e. The number of hydrogen-bond donors (Lipinski definition) is 3. The third kappa shape index (κ3) is 2.97. The number of aliphatic hydroxyl groups excluding tert-OH is 1. The maximum atomic E-state index is 11.6. The molecule has 7 nitrogen and oxygen atoms in total. The Morgan fingerprint density at radius 2 is 2.31 bits per heavy atom. The summed E-state index contributed by atoms with van der Waals surface area (Å²) in [6.07, 6.45) is -0.785. The van der Waals surface area contributed by atoms with Gasteiger partial charge in [0.25, 0.3) is 5.91 Å². The Morgan fingerprint density at radius 3 is 2.88 bits per heavy atom. The molecule has 0 spiro atoms. The van der Waals surface area contributed by atoms with Crippen LogP contribution in [0.3, 0.4) is 0 Å². The minimum absolute atomic E-state index is 0.213. The van der Waals surface area contributed by atoms with E-state index in [4.69, 9.17) is 10.8 Å². The molecule has 0 aliphatic heterocycles. The number of aryl methyl sites for hydroxylation is 1. The molecule has 0 aliphatic rings. The van der Waals surface area contributed by atoms with Crippen molar-refractivity contribution >= 4 is 23.3 Å². The van der Waals surface area contributed by atoms with Gasteiger partial charge in [0.05, 0.1) is 12.2 Å². The molecule has 0 fully saturated rings. The van der Waals surface area contributed by atoms with Gasteiger partial charge in [-0.3, -0.25) is 9.59 Å². The van der Waals surface area contributed by atoms with Gasteiger partial charge in [-0.15, -0.1) is 5.10 Å². The number of carbonyl (C=O) groups excluding carboxylic acids is 2. The third-order valence-corrected chi connectivity index (χ3v) is 2.65. The molecule has 0 aliphatic carbocycles. The summed E-state index contributed by atoms with van der Waals surface area (Å²) >= 11 is 0.971. The van der Waals surface area contributed by atoms with E-state index >= 15 is 0 Å². The van der Waals surface area contributed by atoms with Gasteiger partial charge in [0, 0.05) is 0 Å². The summed E-state index contributed by atoms with van der Waals surface area (Å²) in [7, 11) is 0. The van der Waals surface area contributed by atoms with E-state index in [1.54, 1.807) is 0 Å². The molecule has 88 valence electrons. The molecule has 0 radical (unpaired) electrons. The van der Waals surface area contributed by atoms with E-state index in [1.807, 2.05) is 6.92 Å². The lowest BCUT2D eigenvalue weighted by Crippen LogP contribution is -2.39. The van der Waals surface area contributed by atoms with Gasteiger partial charge in [0.15, 0.2) is 0 Å². The van der Waals surface area contributed by atoms with Crippen LogP contribution >= 0.6 is 11.5 Å². The molecule has 2 amide bonds. The van der Waals surface area contributed by atoms with Crippen LogP contribution in [0.2, 0.25) is 0 Å². The maximum absolute atomic E-state index is 11.6. The number of aliphatic hydroxyl groups is 1. The quantitative estimate of drug-likeness (QED) is 0.593. The van der Waals surface area contributed by atoms with Crippen molar-refractivity contribution in [1.82, 2.24) is 14.9 Å². The second-order valence-electron chi connectivity index (χ2n) is 3.03. The zero-order valence-corrected chi connectivity index (χ0v) is 9.45. The van der Waals surface area contributed by atoms with Gasteiger partial charge < -0.3 is 16.2 Å². The first kappa shape index (κ1) is 12.5. The smallest absolute Gasteiger partial charge is 0.265 e. The van der Waals surface area contributed by atoms with Gasteiger partial charge in [0.1, 0.15) is 11.0 Å². The van der Waals surface area contributed by atoms with Gasteiger partial charge in [-0.2, -0.15) is 0 Å². The van der Waals surface area contributed by atoms with Crippen LogP contribution < -0.4 is 11.1 Å². The fourth-order valence-electron chi connectivity index (χ4n) is 0.983. The van der Waals surface area contributed by atoms with Crippen LogP contribution in [0.1, 0.15) is 22.3 Å². The fraction of sp³-hybridized carbons (Fsp3) is 0.500. The molecule has 0 aromatic carbocycles. The number of carbonyl (C=O) groups is 2. The predicted octanol–water partition coefficient (Wildman–Crippen LogP) is -1.32. The molecule has 1 aromatic heterocycles. The number of nitrogens with one attached hydrogen (secondary N) is 1.